The SMILES string of the molecule is CCCCCCNC(=O)N1CCCN(S(=O)(=O)N2CCCCC2)CC1. The third-order valence-electron chi connectivity index (χ3n) is 5.02. The first-order chi connectivity index (χ1) is 12.1. The number of carbonyl (C=O) groups is 1. The molecule has 0 aromatic carbocycles. The molecule has 2 saturated heterocycles. The zero-order chi connectivity index (χ0) is 18.1. The molecule has 2 rings (SSSR count). The van der Waals surface area contributed by atoms with Crippen LogP contribution in [0.4, 0.5) is 4.79 Å². The minimum Gasteiger partial charge on any atom is -0.338 e. The molecular weight excluding hydrogens is 340 g/mol. The van der Waals surface area contributed by atoms with Crippen LogP contribution >= 0.6 is 0 Å². The first-order valence-corrected chi connectivity index (χ1v) is 11.2. The molecule has 7 nitrogen and oxygen atoms in total. The number of carbonyl (C=O) groups excluding carboxylic acids is 1. The minimum atomic E-state index is -3.38. The van der Waals surface area contributed by atoms with Crippen molar-refractivity contribution in [2.24, 2.45) is 0 Å². The van der Waals surface area contributed by atoms with Gasteiger partial charge >= 0.3 is 6.03 Å². The molecule has 0 spiro atoms. The number of nitrogens with zero attached hydrogens (tertiary/aromatic N) is 3. The average molecular weight is 375 g/mol. The molecule has 0 aromatic rings. The maximum Gasteiger partial charge on any atom is 0.317 e. The Hall–Kier alpha value is -0.860. The number of rotatable bonds is 7. The summed E-state index contributed by atoms with van der Waals surface area (Å²) in [6, 6.07) is -0.0614. The van der Waals surface area contributed by atoms with E-state index in [0.717, 1.165) is 32.1 Å². The number of hydrogen-bond acceptors (Lipinski definition) is 3. The topological polar surface area (TPSA) is 73.0 Å². The van der Waals surface area contributed by atoms with Gasteiger partial charge in [0.15, 0.2) is 0 Å². The number of nitrogens with one attached hydrogen (secondary N) is 1. The van der Waals surface area contributed by atoms with Crippen LogP contribution in [-0.2, 0) is 10.2 Å². The molecular formula is C17H34N4O3S. The van der Waals surface area contributed by atoms with Crippen LogP contribution in [0.2, 0.25) is 0 Å². The monoisotopic (exact) mass is 374 g/mol. The summed E-state index contributed by atoms with van der Waals surface area (Å²) in [6.07, 6.45) is 8.21. The van der Waals surface area contributed by atoms with Crippen LogP contribution in [-0.4, -0.2) is 73.8 Å². The summed E-state index contributed by atoms with van der Waals surface area (Å²) >= 11 is 0. The van der Waals surface area contributed by atoms with E-state index in [-0.39, 0.29) is 6.03 Å². The molecule has 8 heteroatoms. The van der Waals surface area contributed by atoms with E-state index in [1.165, 1.54) is 12.8 Å². The Morgan fingerprint density at radius 3 is 2.24 bits per heavy atom. The molecule has 0 atom stereocenters. The standard InChI is InChI=1S/C17H34N4O3S/c1-2-3-4-6-10-18-17(22)19-11-9-14-21(16-15-19)25(23,24)20-12-7-5-8-13-20/h2-16H2,1H3,(H,18,22). The Balaban J connectivity index is 1.79. The molecule has 0 radical (unpaired) electrons. The lowest BCUT2D eigenvalue weighted by atomic mass is 10.2. The fraction of sp³-hybridized carbons (Fsp3) is 0.941. The predicted molar refractivity (Wildman–Crippen MR) is 99.6 cm³/mol. The van der Waals surface area contributed by atoms with E-state index in [9.17, 15) is 13.2 Å². The molecule has 0 unspecified atom stereocenters. The zero-order valence-corrected chi connectivity index (χ0v) is 16.4. The highest BCUT2D eigenvalue weighted by Crippen LogP contribution is 2.18. The van der Waals surface area contributed by atoms with Crippen LogP contribution < -0.4 is 5.32 Å². The Bertz CT molecular complexity index is 506. The van der Waals surface area contributed by atoms with Crippen molar-refractivity contribution < 1.29 is 13.2 Å². The van der Waals surface area contributed by atoms with Crippen LogP contribution in [0.5, 0.6) is 0 Å². The highest BCUT2D eigenvalue weighted by molar-refractivity contribution is 7.86. The van der Waals surface area contributed by atoms with E-state index in [4.69, 9.17) is 0 Å². The summed E-state index contributed by atoms with van der Waals surface area (Å²) in [5.74, 6) is 0. The van der Waals surface area contributed by atoms with Crippen LogP contribution in [0.1, 0.15) is 58.3 Å². The van der Waals surface area contributed by atoms with E-state index in [1.807, 2.05) is 0 Å². The largest absolute Gasteiger partial charge is 0.338 e. The highest BCUT2D eigenvalue weighted by Gasteiger charge is 2.32. The summed E-state index contributed by atoms with van der Waals surface area (Å²) in [5, 5.41) is 2.96. The van der Waals surface area contributed by atoms with E-state index in [2.05, 4.69) is 12.2 Å². The van der Waals surface area contributed by atoms with Crippen molar-refractivity contribution in [3.05, 3.63) is 0 Å². The molecule has 2 aliphatic rings. The number of amides is 2. The third kappa shape index (κ3) is 6.11. The van der Waals surface area contributed by atoms with Crippen LogP contribution in [0, 0.1) is 0 Å². The van der Waals surface area contributed by atoms with Crippen molar-refractivity contribution in [3.63, 3.8) is 0 Å². The predicted octanol–water partition coefficient (Wildman–Crippen LogP) is 2.01. The summed E-state index contributed by atoms with van der Waals surface area (Å²) < 4.78 is 28.7. The molecule has 2 amide bonds. The number of unbranched alkanes of at least 4 members (excludes halogenated alkanes) is 3. The first-order valence-electron chi connectivity index (χ1n) is 9.83. The maximum atomic E-state index is 12.8. The molecule has 1 N–H and O–H groups in total. The van der Waals surface area contributed by atoms with Crippen molar-refractivity contribution in [2.75, 3.05) is 45.8 Å². The van der Waals surface area contributed by atoms with Gasteiger partial charge in [-0.1, -0.05) is 32.6 Å². The van der Waals surface area contributed by atoms with Crippen LogP contribution in [0.15, 0.2) is 0 Å². The fourth-order valence-electron chi connectivity index (χ4n) is 3.45. The van der Waals surface area contributed by atoms with E-state index < -0.39 is 10.2 Å². The number of urea groups is 1. The molecule has 0 bridgehead atoms. The highest BCUT2D eigenvalue weighted by atomic mass is 32.2. The van der Waals surface area contributed by atoms with Gasteiger partial charge in [-0.2, -0.15) is 17.0 Å². The van der Waals surface area contributed by atoms with Gasteiger partial charge in [0.2, 0.25) is 0 Å². The lowest BCUT2D eigenvalue weighted by Gasteiger charge is -2.31. The van der Waals surface area contributed by atoms with Crippen molar-refractivity contribution in [1.82, 2.24) is 18.8 Å². The Kier molecular flexibility index (Phi) is 8.45. The van der Waals surface area contributed by atoms with Gasteiger partial charge in [-0.3, -0.25) is 0 Å². The lowest BCUT2D eigenvalue weighted by Crippen LogP contribution is -2.47. The van der Waals surface area contributed by atoms with Gasteiger partial charge in [-0.25, -0.2) is 4.79 Å². The quantitative estimate of drug-likeness (QED) is 0.693. The number of hydrogen-bond donors (Lipinski definition) is 1. The second kappa shape index (κ2) is 10.3. The van der Waals surface area contributed by atoms with Gasteiger partial charge in [0.1, 0.15) is 0 Å². The molecule has 146 valence electrons. The third-order valence-corrected chi connectivity index (χ3v) is 7.05. The van der Waals surface area contributed by atoms with Crippen molar-refractivity contribution in [3.8, 4) is 0 Å². The molecule has 0 aromatic heterocycles. The second-order valence-electron chi connectivity index (χ2n) is 7.00. The van der Waals surface area contributed by atoms with E-state index >= 15 is 0 Å². The molecule has 2 aliphatic heterocycles. The van der Waals surface area contributed by atoms with Crippen molar-refractivity contribution in [1.29, 1.82) is 0 Å². The lowest BCUT2D eigenvalue weighted by molar-refractivity contribution is 0.200. The fourth-order valence-corrected chi connectivity index (χ4v) is 5.16. The van der Waals surface area contributed by atoms with Gasteiger partial charge in [-0.05, 0) is 25.7 Å². The molecule has 0 aliphatic carbocycles. The van der Waals surface area contributed by atoms with E-state index in [0.29, 0.717) is 52.2 Å². The molecule has 25 heavy (non-hydrogen) atoms. The Morgan fingerprint density at radius 1 is 0.840 bits per heavy atom. The van der Waals surface area contributed by atoms with Gasteiger partial charge in [-0.15, -0.1) is 0 Å². The average Bonchev–Trinajstić information content (AvgIpc) is 2.89. The normalized spacial score (nSPS) is 21.1. The number of piperidine rings is 1. The smallest absolute Gasteiger partial charge is 0.317 e. The summed E-state index contributed by atoms with van der Waals surface area (Å²) in [7, 11) is -3.38. The zero-order valence-electron chi connectivity index (χ0n) is 15.6. The Labute approximate surface area is 152 Å². The summed E-state index contributed by atoms with van der Waals surface area (Å²) in [5.41, 5.74) is 0. The van der Waals surface area contributed by atoms with Crippen LogP contribution in [0.25, 0.3) is 0 Å². The van der Waals surface area contributed by atoms with Crippen molar-refractivity contribution >= 4 is 16.2 Å². The molecule has 2 fully saturated rings. The summed E-state index contributed by atoms with van der Waals surface area (Å²) in [6.45, 7) is 6.09. The van der Waals surface area contributed by atoms with Crippen molar-refractivity contribution in [2.45, 2.75) is 58.3 Å². The molecule has 2 heterocycles. The Morgan fingerprint density at radius 2 is 1.52 bits per heavy atom. The van der Waals surface area contributed by atoms with Gasteiger partial charge < -0.3 is 10.2 Å². The van der Waals surface area contributed by atoms with Gasteiger partial charge in [0, 0.05) is 45.8 Å². The van der Waals surface area contributed by atoms with Crippen LogP contribution in [0.3, 0.4) is 0 Å². The van der Waals surface area contributed by atoms with Gasteiger partial charge in [0.05, 0.1) is 0 Å². The minimum absolute atomic E-state index is 0.0614. The second-order valence-corrected chi connectivity index (χ2v) is 8.93. The summed E-state index contributed by atoms with van der Waals surface area (Å²) in [4.78, 5) is 14.0. The molecule has 0 saturated carbocycles. The first kappa shape index (κ1) is 20.5. The van der Waals surface area contributed by atoms with Gasteiger partial charge in [0.25, 0.3) is 10.2 Å². The maximum absolute atomic E-state index is 12.8. The van der Waals surface area contributed by atoms with E-state index in [1.54, 1.807) is 13.5 Å².